The molecule has 5 nitrogen and oxygen atoms in total. The lowest BCUT2D eigenvalue weighted by Crippen LogP contribution is -2.26. The third-order valence-corrected chi connectivity index (χ3v) is 6.58. The summed E-state index contributed by atoms with van der Waals surface area (Å²) in [5.41, 5.74) is 1.29. The summed E-state index contributed by atoms with van der Waals surface area (Å²) in [7, 11) is -3.73. The SMILES string of the molecule is O=C(NCCSCc1ccccc1F)c1cccc(NS(=O)(=O)c2ccccc2)c1. The fraction of sp³-hybridized carbons (Fsp3) is 0.136. The average Bonchev–Trinajstić information content (AvgIpc) is 2.75. The van der Waals surface area contributed by atoms with Crippen molar-refractivity contribution >= 4 is 33.4 Å². The van der Waals surface area contributed by atoms with Gasteiger partial charge < -0.3 is 5.32 Å². The van der Waals surface area contributed by atoms with Crippen LogP contribution in [0.15, 0.2) is 83.8 Å². The van der Waals surface area contributed by atoms with Crippen molar-refractivity contribution in [2.24, 2.45) is 0 Å². The molecular weight excluding hydrogens is 423 g/mol. The first-order valence-corrected chi connectivity index (χ1v) is 11.9. The summed E-state index contributed by atoms with van der Waals surface area (Å²) in [4.78, 5) is 12.5. The van der Waals surface area contributed by atoms with E-state index in [0.717, 1.165) is 0 Å². The van der Waals surface area contributed by atoms with Crippen LogP contribution >= 0.6 is 11.8 Å². The molecule has 1 amide bonds. The van der Waals surface area contributed by atoms with Gasteiger partial charge in [-0.15, -0.1) is 0 Å². The maximum Gasteiger partial charge on any atom is 0.261 e. The molecule has 0 radical (unpaired) electrons. The number of rotatable bonds is 9. The van der Waals surface area contributed by atoms with Crippen molar-refractivity contribution in [3.05, 3.63) is 95.8 Å². The molecule has 0 heterocycles. The van der Waals surface area contributed by atoms with E-state index in [9.17, 15) is 17.6 Å². The molecule has 0 saturated heterocycles. The van der Waals surface area contributed by atoms with Crippen molar-refractivity contribution in [3.63, 3.8) is 0 Å². The molecule has 3 aromatic rings. The van der Waals surface area contributed by atoms with E-state index in [-0.39, 0.29) is 16.6 Å². The fourth-order valence-corrected chi connectivity index (χ4v) is 4.59. The Morgan fingerprint density at radius 1 is 0.933 bits per heavy atom. The topological polar surface area (TPSA) is 75.3 Å². The zero-order valence-electron chi connectivity index (χ0n) is 16.0. The molecule has 3 aromatic carbocycles. The highest BCUT2D eigenvalue weighted by Crippen LogP contribution is 2.17. The maximum atomic E-state index is 13.6. The summed E-state index contributed by atoms with van der Waals surface area (Å²) in [5.74, 6) is 0.616. The number of hydrogen-bond acceptors (Lipinski definition) is 4. The summed E-state index contributed by atoms with van der Waals surface area (Å²) in [6.07, 6.45) is 0. The van der Waals surface area contributed by atoms with E-state index in [1.165, 1.54) is 36.0 Å². The van der Waals surface area contributed by atoms with Crippen LogP contribution in [-0.2, 0) is 15.8 Å². The molecule has 0 aliphatic heterocycles. The number of amides is 1. The number of sulfonamides is 1. The van der Waals surface area contributed by atoms with Gasteiger partial charge in [0.1, 0.15) is 5.82 Å². The normalized spacial score (nSPS) is 11.1. The van der Waals surface area contributed by atoms with Gasteiger partial charge in [-0.3, -0.25) is 9.52 Å². The Balaban J connectivity index is 1.51. The maximum absolute atomic E-state index is 13.6. The summed E-state index contributed by atoms with van der Waals surface area (Å²) >= 11 is 1.52. The predicted molar refractivity (Wildman–Crippen MR) is 119 cm³/mol. The van der Waals surface area contributed by atoms with Gasteiger partial charge >= 0.3 is 0 Å². The van der Waals surface area contributed by atoms with Crippen molar-refractivity contribution in [3.8, 4) is 0 Å². The minimum atomic E-state index is -3.73. The molecule has 0 atom stereocenters. The second kappa shape index (κ2) is 10.3. The molecule has 156 valence electrons. The molecule has 0 unspecified atom stereocenters. The van der Waals surface area contributed by atoms with E-state index < -0.39 is 10.0 Å². The van der Waals surface area contributed by atoms with Crippen LogP contribution < -0.4 is 10.0 Å². The van der Waals surface area contributed by atoms with E-state index in [1.54, 1.807) is 54.6 Å². The van der Waals surface area contributed by atoms with E-state index in [1.807, 2.05) is 0 Å². The molecule has 2 N–H and O–H groups in total. The summed E-state index contributed by atoms with van der Waals surface area (Å²) < 4.78 is 40.9. The number of halogens is 1. The molecule has 0 aromatic heterocycles. The molecule has 0 bridgehead atoms. The van der Waals surface area contributed by atoms with E-state index in [0.29, 0.717) is 34.9 Å². The molecule has 0 aliphatic carbocycles. The van der Waals surface area contributed by atoms with Crippen LogP contribution in [-0.4, -0.2) is 26.6 Å². The van der Waals surface area contributed by atoms with Crippen LogP contribution in [0, 0.1) is 5.82 Å². The molecule has 3 rings (SSSR count). The van der Waals surface area contributed by atoms with E-state index >= 15 is 0 Å². The van der Waals surface area contributed by atoms with Crippen LogP contribution in [0.1, 0.15) is 15.9 Å². The van der Waals surface area contributed by atoms with Gasteiger partial charge in [0.15, 0.2) is 0 Å². The Kier molecular flexibility index (Phi) is 7.48. The van der Waals surface area contributed by atoms with E-state index in [4.69, 9.17) is 0 Å². The lowest BCUT2D eigenvalue weighted by atomic mass is 10.2. The number of thioether (sulfide) groups is 1. The fourth-order valence-electron chi connectivity index (χ4n) is 2.67. The smallest absolute Gasteiger partial charge is 0.261 e. The average molecular weight is 445 g/mol. The highest BCUT2D eigenvalue weighted by Gasteiger charge is 2.14. The van der Waals surface area contributed by atoms with Crippen LogP contribution in [0.3, 0.4) is 0 Å². The van der Waals surface area contributed by atoms with Gasteiger partial charge in [-0.25, -0.2) is 12.8 Å². The van der Waals surface area contributed by atoms with Crippen LogP contribution in [0.25, 0.3) is 0 Å². The third-order valence-electron chi connectivity index (χ3n) is 4.18. The Bertz CT molecular complexity index is 1110. The van der Waals surface area contributed by atoms with Crippen LogP contribution in [0.4, 0.5) is 10.1 Å². The first-order valence-electron chi connectivity index (χ1n) is 9.23. The highest BCUT2D eigenvalue weighted by atomic mass is 32.2. The van der Waals surface area contributed by atoms with Crippen molar-refractivity contribution in [2.75, 3.05) is 17.0 Å². The number of carbonyl (C=O) groups excluding carboxylic acids is 1. The minimum Gasteiger partial charge on any atom is -0.351 e. The molecule has 0 aliphatic rings. The number of anilines is 1. The Labute approximate surface area is 179 Å². The van der Waals surface area contributed by atoms with Gasteiger partial charge in [-0.05, 0) is 42.0 Å². The standard InChI is InChI=1S/C22H21FN2O3S2/c23-21-12-5-4-7-18(21)16-29-14-13-24-22(26)17-8-6-9-19(15-17)25-30(27,28)20-10-2-1-3-11-20/h1-12,15,25H,13-14,16H2,(H,24,26). The predicted octanol–water partition coefficient (Wildman–Crippen LogP) is 4.29. The first kappa shape index (κ1) is 21.9. The Morgan fingerprint density at radius 3 is 2.43 bits per heavy atom. The molecular formula is C22H21FN2O3S2. The largest absolute Gasteiger partial charge is 0.351 e. The highest BCUT2D eigenvalue weighted by molar-refractivity contribution is 7.98. The minimum absolute atomic E-state index is 0.145. The number of nitrogens with one attached hydrogen (secondary N) is 2. The second-order valence-corrected chi connectivity index (χ2v) is 9.19. The second-order valence-electron chi connectivity index (χ2n) is 6.40. The van der Waals surface area contributed by atoms with Crippen LogP contribution in [0.2, 0.25) is 0 Å². The van der Waals surface area contributed by atoms with Gasteiger partial charge in [-0.1, -0.05) is 42.5 Å². The molecule has 0 spiro atoms. The van der Waals surface area contributed by atoms with Crippen molar-refractivity contribution < 1.29 is 17.6 Å². The van der Waals surface area contributed by atoms with Gasteiger partial charge in [0.2, 0.25) is 0 Å². The van der Waals surface area contributed by atoms with Crippen LogP contribution in [0.5, 0.6) is 0 Å². The Hall–Kier alpha value is -2.84. The summed E-state index contributed by atoms with van der Waals surface area (Å²) in [6.45, 7) is 0.415. The molecule has 8 heteroatoms. The lowest BCUT2D eigenvalue weighted by molar-refractivity contribution is 0.0956. The van der Waals surface area contributed by atoms with Gasteiger partial charge in [0, 0.05) is 29.3 Å². The van der Waals surface area contributed by atoms with Crippen molar-refractivity contribution in [2.45, 2.75) is 10.6 Å². The first-order chi connectivity index (χ1) is 14.5. The number of hydrogen-bond donors (Lipinski definition) is 2. The quantitative estimate of drug-likeness (QED) is 0.483. The zero-order chi connectivity index (χ0) is 21.4. The summed E-state index contributed by atoms with van der Waals surface area (Å²) in [6, 6.07) is 20.9. The number of carbonyl (C=O) groups is 1. The van der Waals surface area contributed by atoms with Gasteiger partial charge in [0.25, 0.3) is 15.9 Å². The molecule has 0 fully saturated rings. The van der Waals surface area contributed by atoms with Gasteiger partial charge in [-0.2, -0.15) is 11.8 Å². The van der Waals surface area contributed by atoms with Crippen molar-refractivity contribution in [1.29, 1.82) is 0 Å². The summed E-state index contributed by atoms with van der Waals surface area (Å²) in [5, 5.41) is 2.79. The lowest BCUT2D eigenvalue weighted by Gasteiger charge is -2.10. The molecule has 0 saturated carbocycles. The van der Waals surface area contributed by atoms with Crippen molar-refractivity contribution in [1.82, 2.24) is 5.32 Å². The zero-order valence-corrected chi connectivity index (χ0v) is 17.7. The van der Waals surface area contributed by atoms with Gasteiger partial charge in [0.05, 0.1) is 4.90 Å². The molecule has 30 heavy (non-hydrogen) atoms. The third kappa shape index (κ3) is 6.08. The number of benzene rings is 3. The monoisotopic (exact) mass is 444 g/mol. The Morgan fingerprint density at radius 2 is 1.67 bits per heavy atom. The van der Waals surface area contributed by atoms with E-state index in [2.05, 4.69) is 10.0 Å².